The number of benzene rings is 2. The summed E-state index contributed by atoms with van der Waals surface area (Å²) in [5.41, 5.74) is 0.666. The smallest absolute Gasteiger partial charge is 0.265 e. The first-order chi connectivity index (χ1) is 11.1. The number of halogens is 1. The molecule has 0 fully saturated rings. The molecule has 0 aliphatic heterocycles. The van der Waals surface area contributed by atoms with Crippen LogP contribution >= 0.6 is 0 Å². The Labute approximate surface area is 135 Å². The van der Waals surface area contributed by atoms with E-state index in [2.05, 4.69) is 5.32 Å². The van der Waals surface area contributed by atoms with Crippen LogP contribution in [-0.4, -0.2) is 18.6 Å². The minimum Gasteiger partial charge on any atom is -0.494 e. The maximum Gasteiger partial charge on any atom is 0.265 e. The summed E-state index contributed by atoms with van der Waals surface area (Å²) in [6, 6.07) is 12.7. The van der Waals surface area contributed by atoms with Gasteiger partial charge in [0.1, 0.15) is 17.3 Å². The van der Waals surface area contributed by atoms with Gasteiger partial charge in [0.25, 0.3) is 5.91 Å². The molecule has 1 unspecified atom stereocenters. The highest BCUT2D eigenvalue weighted by Gasteiger charge is 2.18. The van der Waals surface area contributed by atoms with Gasteiger partial charge in [-0.2, -0.15) is 0 Å². The molecule has 23 heavy (non-hydrogen) atoms. The second kappa shape index (κ2) is 8.17. The zero-order chi connectivity index (χ0) is 16.7. The standard InChI is InChI=1S/C18H20FNO3/c1-3-17(23-16-9-5-13(19)6-10-16)18(21)20-14-7-11-15(12-8-14)22-4-2/h5-12,17H,3-4H2,1-2H3,(H,20,21). The second-order valence-corrected chi connectivity index (χ2v) is 4.92. The summed E-state index contributed by atoms with van der Waals surface area (Å²) >= 11 is 0. The predicted octanol–water partition coefficient (Wildman–Crippen LogP) is 4.02. The van der Waals surface area contributed by atoms with Crippen molar-refractivity contribution < 1.29 is 18.7 Å². The summed E-state index contributed by atoms with van der Waals surface area (Å²) in [7, 11) is 0. The summed E-state index contributed by atoms with van der Waals surface area (Å²) in [5, 5.41) is 2.80. The molecule has 1 atom stereocenters. The van der Waals surface area contributed by atoms with Crippen molar-refractivity contribution >= 4 is 11.6 Å². The van der Waals surface area contributed by atoms with E-state index >= 15 is 0 Å². The molecular formula is C18H20FNO3. The van der Waals surface area contributed by atoms with Crippen LogP contribution in [0.2, 0.25) is 0 Å². The Morgan fingerprint density at radius 1 is 1.04 bits per heavy atom. The topological polar surface area (TPSA) is 47.6 Å². The molecular weight excluding hydrogens is 297 g/mol. The second-order valence-electron chi connectivity index (χ2n) is 4.92. The first-order valence-electron chi connectivity index (χ1n) is 7.58. The molecule has 2 rings (SSSR count). The van der Waals surface area contributed by atoms with Crippen LogP contribution < -0.4 is 14.8 Å². The van der Waals surface area contributed by atoms with E-state index in [1.807, 2.05) is 13.8 Å². The van der Waals surface area contributed by atoms with E-state index in [4.69, 9.17) is 9.47 Å². The number of carbonyl (C=O) groups is 1. The summed E-state index contributed by atoms with van der Waals surface area (Å²) in [5.74, 6) is 0.616. The Morgan fingerprint density at radius 3 is 2.22 bits per heavy atom. The van der Waals surface area contributed by atoms with Crippen LogP contribution in [0.15, 0.2) is 48.5 Å². The molecule has 0 saturated heterocycles. The van der Waals surface area contributed by atoms with Crippen LogP contribution in [0.5, 0.6) is 11.5 Å². The number of hydrogen-bond acceptors (Lipinski definition) is 3. The fourth-order valence-corrected chi connectivity index (χ4v) is 2.02. The lowest BCUT2D eigenvalue weighted by molar-refractivity contribution is -0.122. The van der Waals surface area contributed by atoms with Crippen LogP contribution in [0.4, 0.5) is 10.1 Å². The van der Waals surface area contributed by atoms with Gasteiger partial charge in [0, 0.05) is 5.69 Å². The lowest BCUT2D eigenvalue weighted by atomic mass is 10.2. The summed E-state index contributed by atoms with van der Waals surface area (Å²) in [6.45, 7) is 4.36. The molecule has 1 amide bonds. The van der Waals surface area contributed by atoms with Crippen molar-refractivity contribution in [3.05, 3.63) is 54.3 Å². The number of rotatable bonds is 7. The van der Waals surface area contributed by atoms with Crippen molar-refractivity contribution in [2.24, 2.45) is 0 Å². The van der Waals surface area contributed by atoms with Crippen LogP contribution in [-0.2, 0) is 4.79 Å². The Morgan fingerprint density at radius 2 is 1.65 bits per heavy atom. The summed E-state index contributed by atoms with van der Waals surface area (Å²) < 4.78 is 23.9. The number of anilines is 1. The van der Waals surface area contributed by atoms with Crippen molar-refractivity contribution in [2.45, 2.75) is 26.4 Å². The average Bonchev–Trinajstić information content (AvgIpc) is 2.56. The van der Waals surface area contributed by atoms with Crippen molar-refractivity contribution in [1.82, 2.24) is 0 Å². The number of ether oxygens (including phenoxy) is 2. The summed E-state index contributed by atoms with van der Waals surface area (Å²) in [4.78, 5) is 12.3. The van der Waals surface area contributed by atoms with E-state index in [0.717, 1.165) is 5.75 Å². The molecule has 0 saturated carbocycles. The minimum absolute atomic E-state index is 0.249. The highest BCUT2D eigenvalue weighted by molar-refractivity contribution is 5.94. The Hall–Kier alpha value is -2.56. The normalized spacial score (nSPS) is 11.6. The van der Waals surface area contributed by atoms with Gasteiger partial charge in [0.15, 0.2) is 6.10 Å². The lowest BCUT2D eigenvalue weighted by Crippen LogP contribution is -2.32. The van der Waals surface area contributed by atoms with Gasteiger partial charge in [-0.3, -0.25) is 4.79 Å². The maximum absolute atomic E-state index is 12.9. The molecule has 4 nitrogen and oxygen atoms in total. The van der Waals surface area contributed by atoms with Crippen LogP contribution in [0.25, 0.3) is 0 Å². The van der Waals surface area contributed by atoms with E-state index < -0.39 is 6.10 Å². The Kier molecular flexibility index (Phi) is 5.97. The number of nitrogens with one attached hydrogen (secondary N) is 1. The van der Waals surface area contributed by atoms with E-state index in [1.54, 1.807) is 24.3 Å². The van der Waals surface area contributed by atoms with Gasteiger partial charge in [0.05, 0.1) is 6.61 Å². The quantitative estimate of drug-likeness (QED) is 0.839. The summed E-state index contributed by atoms with van der Waals surface area (Å²) in [6.07, 6.45) is -0.146. The number of carbonyl (C=O) groups excluding carboxylic acids is 1. The third kappa shape index (κ3) is 4.98. The fourth-order valence-electron chi connectivity index (χ4n) is 2.02. The van der Waals surface area contributed by atoms with Gasteiger partial charge in [0.2, 0.25) is 0 Å². The minimum atomic E-state index is -0.646. The van der Waals surface area contributed by atoms with Crippen molar-refractivity contribution in [3.8, 4) is 11.5 Å². The van der Waals surface area contributed by atoms with Gasteiger partial charge in [-0.15, -0.1) is 0 Å². The van der Waals surface area contributed by atoms with Crippen molar-refractivity contribution in [1.29, 1.82) is 0 Å². The molecule has 0 spiro atoms. The highest BCUT2D eigenvalue weighted by atomic mass is 19.1. The number of amides is 1. The molecule has 0 heterocycles. The van der Waals surface area contributed by atoms with Crippen molar-refractivity contribution in [3.63, 3.8) is 0 Å². The zero-order valence-electron chi connectivity index (χ0n) is 13.2. The van der Waals surface area contributed by atoms with Gasteiger partial charge >= 0.3 is 0 Å². The molecule has 0 radical (unpaired) electrons. The SMILES string of the molecule is CCOc1ccc(NC(=O)C(CC)Oc2ccc(F)cc2)cc1. The average molecular weight is 317 g/mol. The predicted molar refractivity (Wildman–Crippen MR) is 87.3 cm³/mol. The molecule has 2 aromatic carbocycles. The Balaban J connectivity index is 1.97. The fraction of sp³-hybridized carbons (Fsp3) is 0.278. The molecule has 2 aromatic rings. The van der Waals surface area contributed by atoms with E-state index in [0.29, 0.717) is 24.5 Å². The zero-order valence-corrected chi connectivity index (χ0v) is 13.2. The van der Waals surface area contributed by atoms with Gasteiger partial charge in [-0.1, -0.05) is 6.92 Å². The molecule has 0 aliphatic rings. The monoisotopic (exact) mass is 317 g/mol. The number of hydrogen-bond donors (Lipinski definition) is 1. The molecule has 0 bridgehead atoms. The van der Waals surface area contributed by atoms with Gasteiger partial charge in [-0.25, -0.2) is 4.39 Å². The molecule has 1 N–H and O–H groups in total. The van der Waals surface area contributed by atoms with Gasteiger partial charge < -0.3 is 14.8 Å². The third-order valence-corrected chi connectivity index (χ3v) is 3.19. The van der Waals surface area contributed by atoms with E-state index in [1.165, 1.54) is 24.3 Å². The van der Waals surface area contributed by atoms with Gasteiger partial charge in [-0.05, 0) is 61.9 Å². The van der Waals surface area contributed by atoms with Crippen LogP contribution in [0.1, 0.15) is 20.3 Å². The van der Waals surface area contributed by atoms with E-state index in [9.17, 15) is 9.18 Å². The van der Waals surface area contributed by atoms with Crippen LogP contribution in [0.3, 0.4) is 0 Å². The highest BCUT2D eigenvalue weighted by Crippen LogP contribution is 2.18. The van der Waals surface area contributed by atoms with Crippen LogP contribution in [0, 0.1) is 5.82 Å². The largest absolute Gasteiger partial charge is 0.494 e. The third-order valence-electron chi connectivity index (χ3n) is 3.19. The van der Waals surface area contributed by atoms with Crippen molar-refractivity contribution in [2.75, 3.05) is 11.9 Å². The lowest BCUT2D eigenvalue weighted by Gasteiger charge is -2.17. The molecule has 0 aliphatic carbocycles. The Bertz CT molecular complexity index is 626. The molecule has 0 aromatic heterocycles. The first-order valence-corrected chi connectivity index (χ1v) is 7.58. The molecule has 122 valence electrons. The maximum atomic E-state index is 12.9. The molecule has 5 heteroatoms. The first kappa shape index (κ1) is 16.8. The van der Waals surface area contributed by atoms with E-state index in [-0.39, 0.29) is 11.7 Å².